The summed E-state index contributed by atoms with van der Waals surface area (Å²) in [7, 11) is 0. The molecule has 0 bridgehead atoms. The van der Waals surface area contributed by atoms with E-state index >= 15 is 0 Å². The van der Waals surface area contributed by atoms with Crippen molar-refractivity contribution >= 4 is 12.6 Å². The topological polar surface area (TPSA) is 46.5 Å². The van der Waals surface area contributed by atoms with Gasteiger partial charge in [0.2, 0.25) is 0 Å². The summed E-state index contributed by atoms with van der Waals surface area (Å²) in [6.45, 7) is 3.15. The third-order valence-corrected chi connectivity index (χ3v) is 5.89. The van der Waals surface area contributed by atoms with Crippen molar-refractivity contribution in [1.82, 2.24) is 19.5 Å². The Morgan fingerprint density at radius 2 is 1.67 bits per heavy atom. The van der Waals surface area contributed by atoms with Crippen LogP contribution in [0.1, 0.15) is 43.1 Å². The minimum Gasteiger partial charge on any atom is -0.341 e. The molecule has 0 spiro atoms. The molecule has 30 heavy (non-hydrogen) atoms. The molecule has 0 amide bonds. The zero-order valence-corrected chi connectivity index (χ0v) is 18.2. The normalized spacial score (nSPS) is 12.2. The van der Waals surface area contributed by atoms with Crippen LogP contribution >= 0.6 is 12.6 Å². The van der Waals surface area contributed by atoms with Crippen LogP contribution in [-0.2, 0) is 13.0 Å². The highest BCUT2D eigenvalue weighted by Crippen LogP contribution is 2.34. The molecule has 4 rings (SSSR count). The zero-order valence-electron chi connectivity index (χ0n) is 17.3. The van der Waals surface area contributed by atoms with E-state index in [4.69, 9.17) is 17.6 Å². The average Bonchev–Trinajstić information content (AvgIpc) is 3.45. The number of hydrogen-bond acceptors (Lipinski definition) is 3. The summed E-state index contributed by atoms with van der Waals surface area (Å²) in [5.74, 6) is 2.09. The molecular formula is C25H28N4S. The van der Waals surface area contributed by atoms with Crippen LogP contribution in [0.5, 0.6) is 0 Å². The van der Waals surface area contributed by atoms with Gasteiger partial charge in [0, 0.05) is 36.5 Å². The van der Waals surface area contributed by atoms with Gasteiger partial charge in [0.05, 0.1) is 16.6 Å². The molecule has 4 aromatic rings. The highest BCUT2D eigenvalue weighted by Gasteiger charge is 2.18. The van der Waals surface area contributed by atoms with Gasteiger partial charge in [-0.15, -0.1) is 0 Å². The summed E-state index contributed by atoms with van der Waals surface area (Å²) < 4.78 is 2.25. The van der Waals surface area contributed by atoms with E-state index in [1.807, 2.05) is 18.3 Å². The SMILES string of the molecule is CCc1nccn1CCCCC(S)c1nc(-c2ccccc2)c(-c2ccccc2)[nH]1. The van der Waals surface area contributed by atoms with E-state index in [0.717, 1.165) is 66.4 Å². The number of unbranched alkanes of at least 4 members (excludes halogenated alkanes) is 1. The molecular weight excluding hydrogens is 388 g/mol. The second-order valence-electron chi connectivity index (χ2n) is 7.48. The number of aromatic amines is 1. The van der Waals surface area contributed by atoms with Crippen LogP contribution in [0.3, 0.4) is 0 Å². The van der Waals surface area contributed by atoms with Crippen molar-refractivity contribution in [2.24, 2.45) is 0 Å². The first-order valence-corrected chi connectivity index (χ1v) is 11.2. The van der Waals surface area contributed by atoms with Gasteiger partial charge in [-0.3, -0.25) is 0 Å². The standard InChI is InChI=1S/C25H28N4S/c1-2-22-26-16-18-29(22)17-10-9-15-21(30)25-27-23(19-11-5-3-6-12-19)24(28-25)20-13-7-4-8-14-20/h3-8,11-14,16,18,21,30H,2,9-10,15,17H2,1H3,(H,27,28). The fourth-order valence-corrected chi connectivity index (χ4v) is 4.09. The van der Waals surface area contributed by atoms with E-state index in [9.17, 15) is 0 Å². The van der Waals surface area contributed by atoms with Crippen molar-refractivity contribution in [3.63, 3.8) is 0 Å². The lowest BCUT2D eigenvalue weighted by Crippen LogP contribution is -2.03. The molecule has 1 atom stereocenters. The third kappa shape index (κ3) is 4.68. The Bertz CT molecular complexity index is 996. The van der Waals surface area contributed by atoms with Crippen LogP contribution in [0.2, 0.25) is 0 Å². The minimum absolute atomic E-state index is 0.0818. The number of H-pyrrole nitrogens is 1. The Balaban J connectivity index is 1.47. The number of aromatic nitrogens is 4. The van der Waals surface area contributed by atoms with Crippen LogP contribution in [0.15, 0.2) is 73.1 Å². The Hall–Kier alpha value is -2.79. The second-order valence-corrected chi connectivity index (χ2v) is 8.10. The Labute approximate surface area is 183 Å². The molecule has 2 aromatic heterocycles. The number of benzene rings is 2. The number of rotatable bonds is 9. The summed E-state index contributed by atoms with van der Waals surface area (Å²) in [5, 5.41) is 0.0818. The number of hydrogen-bond donors (Lipinski definition) is 2. The van der Waals surface area contributed by atoms with E-state index in [1.54, 1.807) is 0 Å². The number of imidazole rings is 2. The third-order valence-electron chi connectivity index (χ3n) is 5.39. The quantitative estimate of drug-likeness (QED) is 0.247. The highest BCUT2D eigenvalue weighted by molar-refractivity contribution is 7.80. The molecule has 0 saturated heterocycles. The summed E-state index contributed by atoms with van der Waals surface area (Å²) in [6, 6.07) is 20.7. The summed E-state index contributed by atoms with van der Waals surface area (Å²) in [5.41, 5.74) is 4.30. The van der Waals surface area contributed by atoms with Crippen molar-refractivity contribution in [1.29, 1.82) is 0 Å². The molecule has 0 aliphatic rings. The first-order valence-electron chi connectivity index (χ1n) is 10.6. The van der Waals surface area contributed by atoms with E-state index in [-0.39, 0.29) is 5.25 Å². The largest absolute Gasteiger partial charge is 0.341 e. The lowest BCUT2D eigenvalue weighted by atomic mass is 10.1. The monoisotopic (exact) mass is 416 g/mol. The molecule has 0 aliphatic heterocycles. The maximum absolute atomic E-state index is 4.97. The lowest BCUT2D eigenvalue weighted by molar-refractivity contribution is 0.564. The van der Waals surface area contributed by atoms with Gasteiger partial charge >= 0.3 is 0 Å². The molecule has 1 N–H and O–H groups in total. The van der Waals surface area contributed by atoms with Crippen molar-refractivity contribution in [3.05, 3.63) is 84.7 Å². The first kappa shape index (κ1) is 20.5. The number of nitrogens with zero attached hydrogens (tertiary/aromatic N) is 3. The van der Waals surface area contributed by atoms with E-state index in [2.05, 4.69) is 76.2 Å². The van der Waals surface area contributed by atoms with Crippen molar-refractivity contribution in [3.8, 4) is 22.5 Å². The maximum Gasteiger partial charge on any atom is 0.120 e. The summed E-state index contributed by atoms with van der Waals surface area (Å²) in [4.78, 5) is 12.9. The smallest absolute Gasteiger partial charge is 0.120 e. The number of nitrogens with one attached hydrogen (secondary N) is 1. The van der Waals surface area contributed by atoms with Gasteiger partial charge in [-0.05, 0) is 12.8 Å². The Morgan fingerprint density at radius 1 is 0.967 bits per heavy atom. The lowest BCUT2D eigenvalue weighted by Gasteiger charge is -2.09. The van der Waals surface area contributed by atoms with Crippen LogP contribution in [0, 0.1) is 0 Å². The molecule has 1 unspecified atom stereocenters. The Morgan fingerprint density at radius 3 is 2.37 bits per heavy atom. The van der Waals surface area contributed by atoms with Gasteiger partial charge in [0.1, 0.15) is 11.6 Å². The first-order chi connectivity index (χ1) is 14.8. The van der Waals surface area contributed by atoms with Crippen LogP contribution in [0.4, 0.5) is 0 Å². The molecule has 154 valence electrons. The second kappa shape index (κ2) is 9.81. The van der Waals surface area contributed by atoms with E-state index in [0.29, 0.717) is 0 Å². The molecule has 4 nitrogen and oxygen atoms in total. The average molecular weight is 417 g/mol. The van der Waals surface area contributed by atoms with Crippen LogP contribution in [-0.4, -0.2) is 19.5 Å². The predicted octanol–water partition coefficient (Wildman–Crippen LogP) is 6.34. The van der Waals surface area contributed by atoms with Gasteiger partial charge in [-0.1, -0.05) is 74.0 Å². The fraction of sp³-hybridized carbons (Fsp3) is 0.280. The van der Waals surface area contributed by atoms with Crippen molar-refractivity contribution in [2.45, 2.75) is 44.4 Å². The van der Waals surface area contributed by atoms with Gasteiger partial charge in [0.15, 0.2) is 0 Å². The van der Waals surface area contributed by atoms with Gasteiger partial charge in [0.25, 0.3) is 0 Å². The predicted molar refractivity (Wildman–Crippen MR) is 127 cm³/mol. The molecule has 0 fully saturated rings. The van der Waals surface area contributed by atoms with Crippen molar-refractivity contribution in [2.75, 3.05) is 0 Å². The molecule has 0 radical (unpaired) electrons. The molecule has 0 saturated carbocycles. The molecule has 0 aliphatic carbocycles. The van der Waals surface area contributed by atoms with Crippen LogP contribution in [0.25, 0.3) is 22.5 Å². The zero-order chi connectivity index (χ0) is 20.8. The minimum atomic E-state index is 0.0818. The highest BCUT2D eigenvalue weighted by atomic mass is 32.1. The molecule has 2 aromatic carbocycles. The Kier molecular flexibility index (Phi) is 6.70. The van der Waals surface area contributed by atoms with Gasteiger partial charge in [-0.25, -0.2) is 9.97 Å². The van der Waals surface area contributed by atoms with Crippen molar-refractivity contribution < 1.29 is 0 Å². The summed E-state index contributed by atoms with van der Waals surface area (Å²) in [6.07, 6.45) is 8.12. The number of thiol groups is 1. The molecule has 5 heteroatoms. The van der Waals surface area contributed by atoms with Gasteiger partial charge in [-0.2, -0.15) is 12.6 Å². The van der Waals surface area contributed by atoms with E-state index < -0.39 is 0 Å². The van der Waals surface area contributed by atoms with E-state index in [1.165, 1.54) is 0 Å². The number of aryl methyl sites for hydroxylation is 2. The maximum atomic E-state index is 4.97. The van der Waals surface area contributed by atoms with Gasteiger partial charge < -0.3 is 9.55 Å². The molecule has 2 heterocycles. The fourth-order valence-electron chi connectivity index (χ4n) is 3.78. The summed E-state index contributed by atoms with van der Waals surface area (Å²) >= 11 is 4.88. The van der Waals surface area contributed by atoms with Crippen LogP contribution < -0.4 is 0 Å².